The van der Waals surface area contributed by atoms with E-state index in [0.29, 0.717) is 61.2 Å². The van der Waals surface area contributed by atoms with Crippen molar-refractivity contribution in [3.63, 3.8) is 0 Å². The van der Waals surface area contributed by atoms with Crippen LogP contribution < -0.4 is 5.32 Å². The van der Waals surface area contributed by atoms with Crippen LogP contribution in [0, 0.1) is 5.92 Å². The Labute approximate surface area is 226 Å². The first-order valence-electron chi connectivity index (χ1n) is 13.3. The van der Waals surface area contributed by atoms with Gasteiger partial charge in [0.15, 0.2) is 5.54 Å². The number of halogens is 1. The lowest BCUT2D eigenvalue weighted by Gasteiger charge is -2.41. The normalized spacial score (nSPS) is 27.0. The van der Waals surface area contributed by atoms with Crippen molar-refractivity contribution < 1.29 is 24.2 Å². The standard InChI is InChI=1S/C28H31ClN4O5/c29-18-8-9-19(23(34)16-18)24-20(25(35)31-12-14-38-15-13-31)17-33(27(37)32-10-4-1-5-11-32)28(24)21-6-2-3-7-22(21)30-26(28)36/h2-3,6-9,16,20,24,34H,1,4-5,10-15,17H2,(H,30,36). The maximum absolute atomic E-state index is 14.2. The minimum Gasteiger partial charge on any atom is -0.508 e. The second kappa shape index (κ2) is 9.78. The number of carbonyl (C=O) groups excluding carboxylic acids is 3. The molecule has 0 saturated carbocycles. The molecular weight excluding hydrogens is 508 g/mol. The van der Waals surface area contributed by atoms with E-state index >= 15 is 0 Å². The van der Waals surface area contributed by atoms with Gasteiger partial charge in [-0.15, -0.1) is 0 Å². The van der Waals surface area contributed by atoms with Crippen molar-refractivity contribution in [1.29, 1.82) is 0 Å². The molecule has 38 heavy (non-hydrogen) atoms. The highest BCUT2D eigenvalue weighted by Gasteiger charge is 2.67. The molecule has 0 radical (unpaired) electrons. The predicted molar refractivity (Wildman–Crippen MR) is 141 cm³/mol. The molecule has 10 heteroatoms. The Morgan fingerprint density at radius 1 is 1.00 bits per heavy atom. The zero-order chi connectivity index (χ0) is 26.4. The number of urea groups is 1. The number of anilines is 1. The fraction of sp³-hybridized carbons (Fsp3) is 0.464. The van der Waals surface area contributed by atoms with E-state index in [1.165, 1.54) is 6.07 Å². The Morgan fingerprint density at radius 3 is 2.47 bits per heavy atom. The minimum atomic E-state index is -1.51. The van der Waals surface area contributed by atoms with Gasteiger partial charge in [0.05, 0.1) is 19.1 Å². The van der Waals surface area contributed by atoms with Crippen LogP contribution in [0.5, 0.6) is 5.75 Å². The van der Waals surface area contributed by atoms with Crippen LogP contribution in [0.2, 0.25) is 5.02 Å². The van der Waals surface area contributed by atoms with Crippen LogP contribution >= 0.6 is 11.6 Å². The first-order chi connectivity index (χ1) is 18.4. The Kier molecular flexibility index (Phi) is 6.44. The molecule has 0 aliphatic carbocycles. The summed E-state index contributed by atoms with van der Waals surface area (Å²) in [5.74, 6) is -2.22. The first-order valence-corrected chi connectivity index (χ1v) is 13.6. The lowest BCUT2D eigenvalue weighted by Crippen LogP contribution is -2.56. The molecule has 0 aromatic heterocycles. The van der Waals surface area contributed by atoms with Gasteiger partial charge in [-0.2, -0.15) is 0 Å². The molecule has 2 aromatic rings. The quantitative estimate of drug-likeness (QED) is 0.610. The van der Waals surface area contributed by atoms with Crippen LogP contribution in [0.15, 0.2) is 42.5 Å². The highest BCUT2D eigenvalue weighted by molar-refractivity contribution is 6.30. The number of ether oxygens (including phenoxy) is 1. The molecule has 4 amide bonds. The molecule has 2 N–H and O–H groups in total. The van der Waals surface area contributed by atoms with E-state index in [-0.39, 0.29) is 30.1 Å². The fourth-order valence-corrected chi connectivity index (χ4v) is 6.86. The highest BCUT2D eigenvalue weighted by Crippen LogP contribution is 2.58. The Hall–Kier alpha value is -3.30. The SMILES string of the molecule is O=C(C1CN(C(=O)N2CCCCC2)C2(C(=O)Nc3ccccc32)C1c1ccc(Cl)cc1O)N1CCOCC1. The van der Waals surface area contributed by atoms with Crippen molar-refractivity contribution >= 4 is 35.1 Å². The van der Waals surface area contributed by atoms with Crippen LogP contribution in [-0.4, -0.2) is 83.6 Å². The number of piperidine rings is 1. The number of rotatable bonds is 2. The second-order valence-electron chi connectivity index (χ2n) is 10.4. The molecule has 1 spiro atoms. The van der Waals surface area contributed by atoms with Crippen LogP contribution in [0.1, 0.15) is 36.3 Å². The van der Waals surface area contributed by atoms with Crippen LogP contribution in [0.4, 0.5) is 10.5 Å². The molecule has 9 nitrogen and oxygen atoms in total. The Morgan fingerprint density at radius 2 is 1.74 bits per heavy atom. The summed E-state index contributed by atoms with van der Waals surface area (Å²) in [6.45, 7) is 3.00. The summed E-state index contributed by atoms with van der Waals surface area (Å²) in [5.41, 5.74) is 0.143. The molecule has 6 rings (SSSR count). The molecule has 4 heterocycles. The van der Waals surface area contributed by atoms with Crippen LogP contribution in [-0.2, 0) is 19.9 Å². The summed E-state index contributed by atoms with van der Waals surface area (Å²) in [6, 6.07) is 11.8. The van der Waals surface area contributed by atoms with Gasteiger partial charge in [0.1, 0.15) is 5.75 Å². The number of morpholine rings is 1. The summed E-state index contributed by atoms with van der Waals surface area (Å²) < 4.78 is 5.47. The average Bonchev–Trinajstić information content (AvgIpc) is 3.44. The van der Waals surface area contributed by atoms with Gasteiger partial charge < -0.3 is 29.9 Å². The molecule has 2 aromatic carbocycles. The molecule has 3 fully saturated rings. The van der Waals surface area contributed by atoms with E-state index in [0.717, 1.165) is 19.3 Å². The number of benzene rings is 2. The molecule has 3 unspecified atom stereocenters. The maximum Gasteiger partial charge on any atom is 0.321 e. The number of nitrogens with one attached hydrogen (secondary N) is 1. The number of likely N-dealkylation sites (tertiary alicyclic amines) is 2. The van der Waals surface area contributed by atoms with E-state index in [4.69, 9.17) is 16.3 Å². The van der Waals surface area contributed by atoms with E-state index in [9.17, 15) is 19.5 Å². The van der Waals surface area contributed by atoms with Crippen molar-refractivity contribution in [2.75, 3.05) is 51.3 Å². The number of phenols is 1. The number of para-hydroxylation sites is 1. The topological polar surface area (TPSA) is 102 Å². The average molecular weight is 539 g/mol. The third-order valence-electron chi connectivity index (χ3n) is 8.41. The van der Waals surface area contributed by atoms with Gasteiger partial charge in [-0.1, -0.05) is 35.9 Å². The third-order valence-corrected chi connectivity index (χ3v) is 8.65. The highest BCUT2D eigenvalue weighted by atomic mass is 35.5. The summed E-state index contributed by atoms with van der Waals surface area (Å²) in [5, 5.41) is 14.5. The first kappa shape index (κ1) is 25.0. The number of amides is 4. The Balaban J connectivity index is 1.55. The van der Waals surface area contributed by atoms with E-state index in [2.05, 4.69) is 5.32 Å². The van der Waals surface area contributed by atoms with E-state index in [1.54, 1.807) is 32.9 Å². The van der Waals surface area contributed by atoms with Gasteiger partial charge in [-0.25, -0.2) is 4.79 Å². The minimum absolute atomic E-state index is 0.0556. The van der Waals surface area contributed by atoms with Gasteiger partial charge >= 0.3 is 6.03 Å². The Bertz CT molecular complexity index is 1280. The van der Waals surface area contributed by atoms with E-state index in [1.807, 2.05) is 18.2 Å². The van der Waals surface area contributed by atoms with E-state index < -0.39 is 17.4 Å². The lowest BCUT2D eigenvalue weighted by molar-refractivity contribution is -0.139. The van der Waals surface area contributed by atoms with Gasteiger partial charge in [-0.3, -0.25) is 9.59 Å². The van der Waals surface area contributed by atoms with Gasteiger partial charge in [-0.05, 0) is 37.5 Å². The summed E-state index contributed by atoms with van der Waals surface area (Å²) in [6.07, 6.45) is 2.84. The van der Waals surface area contributed by atoms with Crippen LogP contribution in [0.3, 0.4) is 0 Å². The summed E-state index contributed by atoms with van der Waals surface area (Å²) in [7, 11) is 0. The van der Waals surface area contributed by atoms with Gasteiger partial charge in [0, 0.05) is 60.5 Å². The number of carbonyl (C=O) groups is 3. The number of hydrogen-bond acceptors (Lipinski definition) is 5. The largest absolute Gasteiger partial charge is 0.508 e. The predicted octanol–water partition coefficient (Wildman–Crippen LogP) is 3.37. The zero-order valence-corrected chi connectivity index (χ0v) is 21.8. The molecular formula is C28H31ClN4O5. The monoisotopic (exact) mass is 538 g/mol. The smallest absolute Gasteiger partial charge is 0.321 e. The number of fused-ring (bicyclic) bond motifs is 2. The van der Waals surface area contributed by atoms with Crippen molar-refractivity contribution in [3.05, 3.63) is 58.6 Å². The second-order valence-corrected chi connectivity index (χ2v) is 10.9. The maximum atomic E-state index is 14.2. The third kappa shape index (κ3) is 3.82. The van der Waals surface area contributed by atoms with Gasteiger partial charge in [0.2, 0.25) is 5.91 Å². The summed E-state index contributed by atoms with van der Waals surface area (Å²) in [4.78, 5) is 47.7. The number of phenolic OH excluding ortho intramolecular Hbond substituents is 1. The number of aromatic hydroxyl groups is 1. The molecule has 0 bridgehead atoms. The van der Waals surface area contributed by atoms with Gasteiger partial charge in [0.25, 0.3) is 5.91 Å². The van der Waals surface area contributed by atoms with Crippen molar-refractivity contribution in [3.8, 4) is 5.75 Å². The van der Waals surface area contributed by atoms with Crippen LogP contribution in [0.25, 0.3) is 0 Å². The molecule has 4 aliphatic rings. The van der Waals surface area contributed by atoms with Crippen molar-refractivity contribution in [2.24, 2.45) is 5.92 Å². The molecule has 3 atom stereocenters. The van der Waals surface area contributed by atoms with Crippen molar-refractivity contribution in [1.82, 2.24) is 14.7 Å². The number of nitrogens with zero attached hydrogens (tertiary/aromatic N) is 3. The fourth-order valence-electron chi connectivity index (χ4n) is 6.69. The summed E-state index contributed by atoms with van der Waals surface area (Å²) >= 11 is 6.19. The van der Waals surface area contributed by atoms with Crippen molar-refractivity contribution in [2.45, 2.75) is 30.7 Å². The molecule has 3 saturated heterocycles. The zero-order valence-electron chi connectivity index (χ0n) is 21.1. The lowest BCUT2D eigenvalue weighted by atomic mass is 9.71. The molecule has 200 valence electrons. The number of hydrogen-bond donors (Lipinski definition) is 2. The molecule has 4 aliphatic heterocycles.